The number of unbranched alkanes of at least 4 members (excludes halogenated alkanes) is 3. The maximum absolute atomic E-state index is 3.72. The normalized spacial score (nSPS) is 26.8. The highest BCUT2D eigenvalue weighted by Crippen LogP contribution is 2.18. The zero-order chi connectivity index (χ0) is 14.3. The predicted octanol–water partition coefficient (Wildman–Crippen LogP) is 2.90. The maximum Gasteiger partial charge on any atom is 0.184 e. The molecule has 0 aliphatic carbocycles. The van der Waals surface area contributed by atoms with E-state index in [2.05, 4.69) is 26.8 Å². The van der Waals surface area contributed by atoms with Gasteiger partial charge < -0.3 is 4.90 Å². The summed E-state index contributed by atoms with van der Waals surface area (Å²) in [5.41, 5.74) is 5.41. The third-order valence-corrected chi connectivity index (χ3v) is 6.12. The van der Waals surface area contributed by atoms with Crippen LogP contribution in [0.4, 0.5) is 0 Å². The van der Waals surface area contributed by atoms with Crippen molar-refractivity contribution < 1.29 is 4.68 Å². The molecule has 0 bridgehead atoms. The minimum absolute atomic E-state index is 0.747. The molecular weight excluding hydrogens is 278 g/mol. The van der Waals surface area contributed by atoms with Crippen molar-refractivity contribution in [2.45, 2.75) is 63.8 Å². The van der Waals surface area contributed by atoms with Crippen LogP contribution in [-0.2, 0) is 0 Å². The van der Waals surface area contributed by atoms with Crippen molar-refractivity contribution in [2.24, 2.45) is 0 Å². The molecule has 1 fully saturated rings. The van der Waals surface area contributed by atoms with Crippen LogP contribution in [-0.4, -0.2) is 59.0 Å². The first kappa shape index (κ1) is 15.7. The molecule has 0 amide bonds. The van der Waals surface area contributed by atoms with E-state index in [1.54, 1.807) is 5.71 Å². The summed E-state index contributed by atoms with van der Waals surface area (Å²) in [5, 5.41) is 0. The fourth-order valence-corrected chi connectivity index (χ4v) is 4.86. The molecule has 0 aromatic rings. The topological polar surface area (TPSA) is 18.3 Å². The van der Waals surface area contributed by atoms with E-state index in [1.165, 1.54) is 95.5 Å². The summed E-state index contributed by atoms with van der Waals surface area (Å²) in [6.45, 7) is 5.24. The van der Waals surface area contributed by atoms with Gasteiger partial charge in [0.05, 0.1) is 12.5 Å². The molecule has 0 radical (unpaired) electrons. The Labute approximate surface area is 134 Å². The first-order valence-electron chi connectivity index (χ1n) is 9.10. The van der Waals surface area contributed by atoms with Gasteiger partial charge in [-0.3, -0.25) is 0 Å². The predicted molar refractivity (Wildman–Crippen MR) is 92.4 cm³/mol. The van der Waals surface area contributed by atoms with Crippen molar-refractivity contribution in [2.75, 3.05) is 37.7 Å². The zero-order valence-corrected chi connectivity index (χ0v) is 14.3. The number of hydrazone groups is 1. The second-order valence-corrected chi connectivity index (χ2v) is 8.09. The summed E-state index contributed by atoms with van der Waals surface area (Å²) in [4.78, 5) is 2.66. The van der Waals surface area contributed by atoms with Crippen LogP contribution in [0.1, 0.15) is 57.8 Å². The summed E-state index contributed by atoms with van der Waals surface area (Å²) in [6.07, 6.45) is 12.5. The highest BCUT2D eigenvalue weighted by atomic mass is 32.2. The molecule has 1 saturated heterocycles. The van der Waals surface area contributed by atoms with Gasteiger partial charge in [0.25, 0.3) is 0 Å². The van der Waals surface area contributed by atoms with Crippen LogP contribution in [0, 0.1) is 0 Å². The van der Waals surface area contributed by atoms with Crippen LogP contribution >= 0.6 is 11.8 Å². The molecule has 3 nitrogen and oxygen atoms in total. The summed E-state index contributed by atoms with van der Waals surface area (Å²) in [6, 6.07) is 0.747. The number of rotatable bonds is 7. The average molecular weight is 311 g/mol. The Morgan fingerprint density at radius 1 is 1.10 bits per heavy atom. The number of hydrogen-bond donors (Lipinski definition) is 1. The van der Waals surface area contributed by atoms with E-state index in [-0.39, 0.29) is 0 Å². The molecule has 120 valence electrons. The van der Waals surface area contributed by atoms with Gasteiger partial charge in [-0.05, 0) is 25.8 Å². The smallest absolute Gasteiger partial charge is 0.184 e. The molecule has 0 aromatic carbocycles. The first-order valence-corrected chi connectivity index (χ1v) is 10.3. The third kappa shape index (κ3) is 4.88. The number of nitrogens with zero attached hydrogens (tertiary/aromatic N) is 2. The van der Waals surface area contributed by atoms with Gasteiger partial charge >= 0.3 is 0 Å². The van der Waals surface area contributed by atoms with Crippen molar-refractivity contribution in [3.8, 4) is 0 Å². The van der Waals surface area contributed by atoms with Gasteiger partial charge in [-0.1, -0.05) is 19.3 Å². The Kier molecular flexibility index (Phi) is 6.28. The molecule has 3 aliphatic rings. The SMILES string of the molecule is C(CCCN1CCSCC1)CCC1CC2=[N+](CCCC2)N1. The summed E-state index contributed by atoms with van der Waals surface area (Å²) < 4.78 is 2.46. The van der Waals surface area contributed by atoms with Crippen LogP contribution in [0.15, 0.2) is 0 Å². The van der Waals surface area contributed by atoms with E-state index in [1.807, 2.05) is 0 Å². The molecule has 1 atom stereocenters. The zero-order valence-electron chi connectivity index (χ0n) is 13.5. The minimum atomic E-state index is 0.747. The summed E-state index contributed by atoms with van der Waals surface area (Å²) in [5.74, 6) is 2.70. The third-order valence-electron chi connectivity index (χ3n) is 5.18. The second-order valence-electron chi connectivity index (χ2n) is 6.86. The van der Waals surface area contributed by atoms with Crippen LogP contribution in [0.3, 0.4) is 0 Å². The molecule has 3 aliphatic heterocycles. The summed E-state index contributed by atoms with van der Waals surface area (Å²) >= 11 is 2.11. The van der Waals surface area contributed by atoms with Crippen molar-refractivity contribution in [3.05, 3.63) is 0 Å². The van der Waals surface area contributed by atoms with Gasteiger partial charge in [0.1, 0.15) is 0 Å². The highest BCUT2D eigenvalue weighted by molar-refractivity contribution is 7.99. The summed E-state index contributed by atoms with van der Waals surface area (Å²) in [7, 11) is 0. The lowest BCUT2D eigenvalue weighted by Crippen LogP contribution is -2.34. The minimum Gasteiger partial charge on any atom is -0.302 e. The lowest BCUT2D eigenvalue weighted by atomic mass is 10.0. The monoisotopic (exact) mass is 310 g/mol. The number of nitrogens with one attached hydrogen (secondary N) is 1. The molecule has 0 saturated carbocycles. The van der Waals surface area contributed by atoms with Crippen molar-refractivity contribution in [3.63, 3.8) is 0 Å². The van der Waals surface area contributed by atoms with Crippen LogP contribution in [0.2, 0.25) is 0 Å². The first-order chi connectivity index (χ1) is 10.4. The van der Waals surface area contributed by atoms with Crippen LogP contribution in [0.25, 0.3) is 0 Å². The molecule has 0 spiro atoms. The van der Waals surface area contributed by atoms with E-state index in [9.17, 15) is 0 Å². The molecular formula is C17H32N3S+. The average Bonchev–Trinajstić information content (AvgIpc) is 2.94. The fourth-order valence-electron chi connectivity index (χ4n) is 3.88. The lowest BCUT2D eigenvalue weighted by molar-refractivity contribution is -0.588. The Balaban J connectivity index is 1.20. The molecule has 1 N–H and O–H groups in total. The van der Waals surface area contributed by atoms with Gasteiger partial charge in [-0.15, -0.1) is 4.68 Å². The quantitative estimate of drug-likeness (QED) is 0.576. The van der Waals surface area contributed by atoms with E-state index in [0.717, 1.165) is 6.04 Å². The van der Waals surface area contributed by atoms with E-state index < -0.39 is 0 Å². The van der Waals surface area contributed by atoms with Gasteiger partial charge in [0.2, 0.25) is 0 Å². The lowest BCUT2D eigenvalue weighted by Gasteiger charge is -2.25. The van der Waals surface area contributed by atoms with Crippen molar-refractivity contribution in [1.82, 2.24) is 10.3 Å². The Bertz CT molecular complexity index is 332. The van der Waals surface area contributed by atoms with Gasteiger partial charge in [0, 0.05) is 37.4 Å². The molecule has 3 rings (SSSR count). The molecule has 3 heterocycles. The van der Waals surface area contributed by atoms with Crippen LogP contribution < -0.4 is 5.43 Å². The van der Waals surface area contributed by atoms with Crippen molar-refractivity contribution in [1.29, 1.82) is 0 Å². The highest BCUT2D eigenvalue weighted by Gasteiger charge is 2.31. The van der Waals surface area contributed by atoms with Crippen LogP contribution in [0.5, 0.6) is 0 Å². The fraction of sp³-hybridized carbons (Fsp3) is 0.941. The van der Waals surface area contributed by atoms with Crippen molar-refractivity contribution >= 4 is 17.5 Å². The molecule has 4 heteroatoms. The Morgan fingerprint density at radius 3 is 2.81 bits per heavy atom. The number of thioether (sulfide) groups is 1. The largest absolute Gasteiger partial charge is 0.302 e. The molecule has 21 heavy (non-hydrogen) atoms. The number of hydrazine groups is 1. The van der Waals surface area contributed by atoms with E-state index >= 15 is 0 Å². The van der Waals surface area contributed by atoms with Gasteiger partial charge in [-0.2, -0.15) is 17.2 Å². The second kappa shape index (κ2) is 8.42. The molecule has 1 unspecified atom stereocenters. The molecule has 0 aromatic heterocycles. The Morgan fingerprint density at radius 2 is 1.95 bits per heavy atom. The van der Waals surface area contributed by atoms with E-state index in [0.29, 0.717) is 0 Å². The standard InChI is InChI=1S/C17H32N3S/c1(2-5-9-19-11-13-21-14-12-19)3-7-16-15-17-8-4-6-10-20(17)18-16/h16,18H,1-15H2/q+1. The van der Waals surface area contributed by atoms with Gasteiger partial charge in [-0.25, -0.2) is 0 Å². The van der Waals surface area contributed by atoms with Gasteiger partial charge in [0.15, 0.2) is 12.3 Å². The van der Waals surface area contributed by atoms with E-state index in [4.69, 9.17) is 0 Å². The maximum atomic E-state index is 3.72. The number of hydrogen-bond acceptors (Lipinski definition) is 3. The Hall–Kier alpha value is -0.220.